The SMILES string of the molecule is CCN1CCCC1CNC(=O)c1ccccc1OCc1noc(C)n1. The smallest absolute Gasteiger partial charge is 0.255 e. The second-order valence-corrected chi connectivity index (χ2v) is 6.15. The summed E-state index contributed by atoms with van der Waals surface area (Å²) in [6.45, 7) is 6.83. The van der Waals surface area contributed by atoms with Crippen LogP contribution in [-0.2, 0) is 6.61 Å². The average Bonchev–Trinajstić information content (AvgIpc) is 3.26. The summed E-state index contributed by atoms with van der Waals surface area (Å²) in [4.78, 5) is 19.1. The van der Waals surface area contributed by atoms with Crippen molar-refractivity contribution < 1.29 is 14.1 Å². The van der Waals surface area contributed by atoms with Crippen molar-refractivity contribution in [1.82, 2.24) is 20.4 Å². The Kier molecular flexibility index (Phi) is 5.65. The van der Waals surface area contributed by atoms with Crippen LogP contribution in [0.15, 0.2) is 28.8 Å². The molecule has 0 bridgehead atoms. The molecule has 134 valence electrons. The number of para-hydroxylation sites is 1. The number of nitrogens with zero attached hydrogens (tertiary/aromatic N) is 3. The van der Waals surface area contributed by atoms with Crippen LogP contribution >= 0.6 is 0 Å². The van der Waals surface area contributed by atoms with Crippen LogP contribution in [0.3, 0.4) is 0 Å². The van der Waals surface area contributed by atoms with E-state index >= 15 is 0 Å². The molecule has 25 heavy (non-hydrogen) atoms. The largest absolute Gasteiger partial charge is 0.485 e. The normalized spacial score (nSPS) is 17.6. The fraction of sp³-hybridized carbons (Fsp3) is 0.500. The third kappa shape index (κ3) is 4.36. The molecule has 1 fully saturated rings. The summed E-state index contributed by atoms with van der Waals surface area (Å²) < 4.78 is 10.6. The molecule has 7 heteroatoms. The van der Waals surface area contributed by atoms with E-state index in [0.29, 0.717) is 35.6 Å². The molecular weight excluding hydrogens is 320 g/mol. The minimum absolute atomic E-state index is 0.122. The molecule has 2 heterocycles. The summed E-state index contributed by atoms with van der Waals surface area (Å²) in [5.41, 5.74) is 0.517. The van der Waals surface area contributed by atoms with Crippen LogP contribution in [0.25, 0.3) is 0 Å². The number of likely N-dealkylation sites (N-methyl/N-ethyl adjacent to an activating group) is 1. The lowest BCUT2D eigenvalue weighted by molar-refractivity contribution is 0.0936. The van der Waals surface area contributed by atoms with Gasteiger partial charge in [0.05, 0.1) is 5.56 Å². The molecule has 1 aromatic carbocycles. The van der Waals surface area contributed by atoms with Gasteiger partial charge in [0.1, 0.15) is 5.75 Å². The lowest BCUT2D eigenvalue weighted by Gasteiger charge is -2.23. The highest BCUT2D eigenvalue weighted by molar-refractivity contribution is 5.96. The number of nitrogens with one attached hydrogen (secondary N) is 1. The van der Waals surface area contributed by atoms with E-state index in [9.17, 15) is 4.79 Å². The number of benzene rings is 1. The first kappa shape index (κ1) is 17.4. The highest BCUT2D eigenvalue weighted by Gasteiger charge is 2.23. The van der Waals surface area contributed by atoms with Crippen molar-refractivity contribution in [3.8, 4) is 5.75 Å². The van der Waals surface area contributed by atoms with Crippen molar-refractivity contribution in [1.29, 1.82) is 0 Å². The van der Waals surface area contributed by atoms with E-state index in [0.717, 1.165) is 19.5 Å². The molecule has 0 spiro atoms. The van der Waals surface area contributed by atoms with E-state index in [1.807, 2.05) is 12.1 Å². The number of carbonyl (C=O) groups is 1. The van der Waals surface area contributed by atoms with Crippen LogP contribution in [-0.4, -0.2) is 46.6 Å². The molecule has 1 aromatic heterocycles. The number of carbonyl (C=O) groups excluding carboxylic acids is 1. The van der Waals surface area contributed by atoms with Crippen LogP contribution in [0.1, 0.15) is 41.8 Å². The number of likely N-dealkylation sites (tertiary alicyclic amines) is 1. The minimum atomic E-state index is -0.122. The molecule has 1 aliphatic rings. The number of hydrogen-bond acceptors (Lipinski definition) is 6. The van der Waals surface area contributed by atoms with Crippen molar-refractivity contribution in [2.75, 3.05) is 19.6 Å². The zero-order valence-electron chi connectivity index (χ0n) is 14.7. The van der Waals surface area contributed by atoms with Gasteiger partial charge in [-0.15, -0.1) is 0 Å². The molecule has 1 N–H and O–H groups in total. The number of amides is 1. The summed E-state index contributed by atoms with van der Waals surface area (Å²) in [5, 5.41) is 6.83. The van der Waals surface area contributed by atoms with Crippen molar-refractivity contribution in [3.63, 3.8) is 0 Å². The van der Waals surface area contributed by atoms with E-state index < -0.39 is 0 Å². The fourth-order valence-electron chi connectivity index (χ4n) is 3.17. The van der Waals surface area contributed by atoms with E-state index in [2.05, 4.69) is 27.3 Å². The highest BCUT2D eigenvalue weighted by Crippen LogP contribution is 2.20. The molecule has 1 aliphatic heterocycles. The maximum Gasteiger partial charge on any atom is 0.255 e. The second-order valence-electron chi connectivity index (χ2n) is 6.15. The molecule has 3 rings (SSSR count). The van der Waals surface area contributed by atoms with Crippen LogP contribution in [0, 0.1) is 6.92 Å². The zero-order chi connectivity index (χ0) is 17.6. The molecule has 1 saturated heterocycles. The van der Waals surface area contributed by atoms with E-state index in [1.165, 1.54) is 6.42 Å². The standard InChI is InChI=1S/C18H24N4O3/c1-3-22-10-6-7-14(22)11-19-18(23)15-8-4-5-9-16(15)24-12-17-20-13(2)25-21-17/h4-5,8-9,14H,3,6-7,10-12H2,1-2H3,(H,19,23). The van der Waals surface area contributed by atoms with Crippen molar-refractivity contribution in [3.05, 3.63) is 41.5 Å². The van der Waals surface area contributed by atoms with E-state index in [-0.39, 0.29) is 12.5 Å². The first-order valence-corrected chi connectivity index (χ1v) is 8.70. The lowest BCUT2D eigenvalue weighted by Crippen LogP contribution is -2.40. The van der Waals surface area contributed by atoms with E-state index in [4.69, 9.17) is 9.26 Å². The Labute approximate surface area is 147 Å². The third-order valence-corrected chi connectivity index (χ3v) is 4.46. The molecule has 7 nitrogen and oxygen atoms in total. The maximum absolute atomic E-state index is 12.6. The number of aryl methyl sites for hydroxylation is 1. The Balaban J connectivity index is 1.60. The Hall–Kier alpha value is -2.41. The van der Waals surface area contributed by atoms with E-state index in [1.54, 1.807) is 19.1 Å². The molecule has 1 amide bonds. The van der Waals surface area contributed by atoms with Crippen molar-refractivity contribution >= 4 is 5.91 Å². The predicted molar refractivity (Wildman–Crippen MR) is 92.4 cm³/mol. The lowest BCUT2D eigenvalue weighted by atomic mass is 10.1. The molecule has 2 aromatic rings. The van der Waals surface area contributed by atoms with Crippen LogP contribution < -0.4 is 10.1 Å². The van der Waals surface area contributed by atoms with Crippen LogP contribution in [0.2, 0.25) is 0 Å². The Morgan fingerprint density at radius 1 is 1.44 bits per heavy atom. The molecule has 1 atom stereocenters. The van der Waals surface area contributed by atoms with Crippen LogP contribution in [0.5, 0.6) is 5.75 Å². The van der Waals surface area contributed by atoms with Crippen molar-refractivity contribution in [2.45, 2.75) is 39.3 Å². The molecule has 1 unspecified atom stereocenters. The van der Waals surface area contributed by atoms with Crippen molar-refractivity contribution in [2.24, 2.45) is 0 Å². The number of aromatic nitrogens is 2. The van der Waals surface area contributed by atoms with Gasteiger partial charge in [-0.05, 0) is 38.1 Å². The first-order chi connectivity index (χ1) is 12.2. The van der Waals surface area contributed by atoms with Gasteiger partial charge in [0, 0.05) is 19.5 Å². The van der Waals surface area contributed by atoms with Gasteiger partial charge in [-0.2, -0.15) is 4.98 Å². The predicted octanol–water partition coefficient (Wildman–Crippen LogP) is 2.17. The quantitative estimate of drug-likeness (QED) is 0.829. The van der Waals surface area contributed by atoms with Gasteiger partial charge in [0.2, 0.25) is 11.7 Å². The Morgan fingerprint density at radius 3 is 3.04 bits per heavy atom. The molecular formula is C18H24N4O3. The zero-order valence-corrected chi connectivity index (χ0v) is 14.7. The monoisotopic (exact) mass is 344 g/mol. The summed E-state index contributed by atoms with van der Waals surface area (Å²) in [5.74, 6) is 1.34. The molecule has 0 aliphatic carbocycles. The maximum atomic E-state index is 12.6. The van der Waals surface area contributed by atoms with Gasteiger partial charge in [0.25, 0.3) is 5.91 Å². The Bertz CT molecular complexity index is 716. The topological polar surface area (TPSA) is 80.5 Å². The summed E-state index contributed by atoms with van der Waals surface area (Å²) >= 11 is 0. The van der Waals surface area contributed by atoms with Gasteiger partial charge in [-0.3, -0.25) is 9.69 Å². The number of hydrogen-bond donors (Lipinski definition) is 1. The number of rotatable bonds is 7. The molecule has 0 radical (unpaired) electrons. The van der Waals surface area contributed by atoms with Gasteiger partial charge >= 0.3 is 0 Å². The Morgan fingerprint density at radius 2 is 2.28 bits per heavy atom. The molecule has 0 saturated carbocycles. The van der Waals surface area contributed by atoms with Gasteiger partial charge in [-0.25, -0.2) is 0 Å². The van der Waals surface area contributed by atoms with Crippen LogP contribution in [0.4, 0.5) is 0 Å². The minimum Gasteiger partial charge on any atom is -0.485 e. The first-order valence-electron chi connectivity index (χ1n) is 8.70. The van der Waals surface area contributed by atoms with Gasteiger partial charge in [-0.1, -0.05) is 24.2 Å². The fourth-order valence-corrected chi connectivity index (χ4v) is 3.17. The third-order valence-electron chi connectivity index (χ3n) is 4.46. The summed E-state index contributed by atoms with van der Waals surface area (Å²) in [6.07, 6.45) is 2.32. The summed E-state index contributed by atoms with van der Waals surface area (Å²) in [7, 11) is 0. The summed E-state index contributed by atoms with van der Waals surface area (Å²) in [6, 6.07) is 7.62. The average molecular weight is 344 g/mol. The number of ether oxygens (including phenoxy) is 1. The van der Waals surface area contributed by atoms with Gasteiger partial charge in [0.15, 0.2) is 6.61 Å². The highest BCUT2D eigenvalue weighted by atomic mass is 16.5. The second kappa shape index (κ2) is 8.11. The van der Waals surface area contributed by atoms with Gasteiger partial charge < -0.3 is 14.6 Å².